The molecule has 0 amide bonds. The van der Waals surface area contributed by atoms with E-state index in [0.29, 0.717) is 14.5 Å². The van der Waals surface area contributed by atoms with Crippen LogP contribution in [0.25, 0.3) is 9.65 Å². The molecule has 0 radical (unpaired) electrons. The Morgan fingerprint density at radius 3 is 2.75 bits per heavy atom. The summed E-state index contributed by atoms with van der Waals surface area (Å²) in [5.74, 6) is 0. The molecular weight excluding hydrogens is 415 g/mol. The van der Waals surface area contributed by atoms with Crippen molar-refractivity contribution in [2.75, 3.05) is 0 Å². The Hall–Kier alpha value is 0.919. The van der Waals surface area contributed by atoms with Crippen molar-refractivity contribution in [1.82, 2.24) is 0 Å². The molecule has 0 aliphatic carbocycles. The van der Waals surface area contributed by atoms with Gasteiger partial charge in [0.2, 0.25) is 0 Å². The van der Waals surface area contributed by atoms with E-state index in [0.717, 1.165) is 0 Å². The Bertz CT molecular complexity index is 473. The van der Waals surface area contributed by atoms with Gasteiger partial charge < -0.3 is 0 Å². The van der Waals surface area contributed by atoms with Crippen molar-refractivity contribution in [3.8, 4) is 0 Å². The fourth-order valence-corrected chi connectivity index (χ4v) is 8.07. The second-order valence-electron chi connectivity index (χ2n) is 3.90. The first kappa shape index (κ1) is 13.4. The minimum absolute atomic E-state index is 0.572. The zero-order valence-electron chi connectivity index (χ0n) is 9.19. The third-order valence-corrected chi connectivity index (χ3v) is 8.70. The third-order valence-electron chi connectivity index (χ3n) is 2.67. The fourth-order valence-electron chi connectivity index (χ4n) is 1.78. The van der Waals surface area contributed by atoms with E-state index in [4.69, 9.17) is 0 Å². The summed E-state index contributed by atoms with van der Waals surface area (Å²) in [6, 6.07) is 0. The van der Waals surface area contributed by atoms with Crippen LogP contribution in [0, 0.1) is 0 Å². The molecule has 0 bridgehead atoms. The van der Waals surface area contributed by atoms with E-state index in [2.05, 4.69) is 44.2 Å². The van der Waals surface area contributed by atoms with Gasteiger partial charge in [-0.05, 0) is 0 Å². The molecule has 4 heteroatoms. The summed E-state index contributed by atoms with van der Waals surface area (Å²) in [6.45, 7) is 2.27. The zero-order chi connectivity index (χ0) is 11.5. The number of hydrogen-bond donors (Lipinski definition) is 0. The van der Waals surface area contributed by atoms with Gasteiger partial charge in [-0.3, -0.25) is 0 Å². The van der Waals surface area contributed by atoms with Gasteiger partial charge >= 0.3 is 124 Å². The number of fused-ring (bicyclic) bond motifs is 1. The molecule has 0 aliphatic rings. The third kappa shape index (κ3) is 2.84. The second kappa shape index (κ2) is 6.19. The normalized spacial score (nSPS) is 11.4. The molecule has 88 valence electrons. The van der Waals surface area contributed by atoms with Crippen molar-refractivity contribution in [3.05, 3.63) is 18.1 Å². The van der Waals surface area contributed by atoms with Gasteiger partial charge in [-0.1, -0.05) is 0 Å². The van der Waals surface area contributed by atoms with Crippen molar-refractivity contribution in [3.63, 3.8) is 0 Å². The summed E-state index contributed by atoms with van der Waals surface area (Å²) in [5, 5.41) is 3.75. The Morgan fingerprint density at radius 2 is 2.06 bits per heavy atom. The summed E-state index contributed by atoms with van der Waals surface area (Å²) in [6.07, 6.45) is 6.72. The van der Waals surface area contributed by atoms with E-state index >= 15 is 0 Å². The molecule has 0 spiro atoms. The average molecular weight is 429 g/mol. The quantitative estimate of drug-likeness (QED) is 0.429. The first-order valence-electron chi connectivity index (χ1n) is 5.58. The van der Waals surface area contributed by atoms with Crippen LogP contribution >= 0.6 is 43.2 Å². The van der Waals surface area contributed by atoms with Crippen LogP contribution in [-0.4, -0.2) is 14.5 Å². The van der Waals surface area contributed by atoms with E-state index in [-0.39, 0.29) is 0 Å². The molecule has 2 aromatic rings. The van der Waals surface area contributed by atoms with Crippen LogP contribution < -0.4 is 0 Å². The Balaban J connectivity index is 2.09. The number of aryl methyl sites for hydroxylation is 1. The first-order valence-corrected chi connectivity index (χ1v) is 9.75. The fraction of sp³-hybridized carbons (Fsp3) is 0.500. The minimum atomic E-state index is 0.572. The van der Waals surface area contributed by atoms with Gasteiger partial charge in [-0.2, -0.15) is 0 Å². The van der Waals surface area contributed by atoms with Crippen LogP contribution in [0.2, 0.25) is 0 Å². The Morgan fingerprint density at radius 1 is 1.25 bits per heavy atom. The Kier molecular flexibility index (Phi) is 5.17. The number of thiophene rings is 1. The number of rotatable bonds is 5. The second-order valence-corrected chi connectivity index (χ2v) is 9.27. The monoisotopic (exact) mass is 428 g/mol. The molecule has 2 rings (SSSR count). The summed E-state index contributed by atoms with van der Waals surface area (Å²) in [5.41, 5.74) is 0. The molecule has 2 heterocycles. The van der Waals surface area contributed by atoms with Gasteiger partial charge in [0.1, 0.15) is 0 Å². The van der Waals surface area contributed by atoms with Gasteiger partial charge in [0.15, 0.2) is 0 Å². The summed E-state index contributed by atoms with van der Waals surface area (Å²) in [4.78, 5) is 0. The van der Waals surface area contributed by atoms with Crippen LogP contribution in [0.1, 0.15) is 37.0 Å². The summed E-state index contributed by atoms with van der Waals surface area (Å²) >= 11 is 9.80. The average Bonchev–Trinajstić information content (AvgIpc) is 2.77. The molecule has 0 unspecified atom stereocenters. The van der Waals surface area contributed by atoms with Gasteiger partial charge in [-0.15, -0.1) is 0 Å². The van der Waals surface area contributed by atoms with Crippen molar-refractivity contribution < 1.29 is 0 Å². The molecule has 2 aromatic heterocycles. The molecule has 0 atom stereocenters. The molecule has 0 fully saturated rings. The van der Waals surface area contributed by atoms with Gasteiger partial charge in [0.25, 0.3) is 0 Å². The number of hydrogen-bond acceptors (Lipinski definition) is 1. The van der Waals surface area contributed by atoms with E-state index in [1.165, 1.54) is 45.7 Å². The molecule has 0 aliphatic heterocycles. The molecule has 0 saturated carbocycles. The first-order chi connectivity index (χ1) is 7.74. The maximum atomic E-state index is 3.77. The zero-order valence-corrected chi connectivity index (χ0v) is 14.9. The number of unbranched alkanes of at least 4 members (excludes halogenated alkanes) is 3. The van der Waals surface area contributed by atoms with Gasteiger partial charge in [-0.25, -0.2) is 0 Å². The summed E-state index contributed by atoms with van der Waals surface area (Å²) in [7, 11) is 0. The van der Waals surface area contributed by atoms with Crippen molar-refractivity contribution in [2.45, 2.75) is 39.0 Å². The molecule has 0 saturated heterocycles. The van der Waals surface area contributed by atoms with Crippen LogP contribution in [-0.2, 0) is 6.42 Å². The Labute approximate surface area is 123 Å². The van der Waals surface area contributed by atoms with Crippen LogP contribution in [0.3, 0.4) is 0 Å². The molecule has 0 nitrogen and oxygen atoms in total. The van der Waals surface area contributed by atoms with Crippen molar-refractivity contribution in [2.24, 2.45) is 0 Å². The van der Waals surface area contributed by atoms with Gasteiger partial charge in [0.05, 0.1) is 0 Å². The maximum absolute atomic E-state index is 3.77. The van der Waals surface area contributed by atoms with E-state index < -0.39 is 0 Å². The van der Waals surface area contributed by atoms with E-state index in [1.807, 2.05) is 11.3 Å². The van der Waals surface area contributed by atoms with Crippen LogP contribution in [0.15, 0.2) is 13.6 Å². The van der Waals surface area contributed by atoms with Crippen molar-refractivity contribution in [1.29, 1.82) is 0 Å². The van der Waals surface area contributed by atoms with Crippen LogP contribution in [0.4, 0.5) is 0 Å². The molecule has 16 heavy (non-hydrogen) atoms. The van der Waals surface area contributed by atoms with E-state index in [1.54, 1.807) is 8.70 Å². The predicted octanol–water partition coefficient (Wildman–Crippen LogP) is 5.61. The van der Waals surface area contributed by atoms with Crippen LogP contribution in [0.5, 0.6) is 0 Å². The SMILES string of the molecule is CCCCCCc1[se]c2csc(Br)c2c1Br. The molecular formula is C12H14Br2SSe. The van der Waals surface area contributed by atoms with Gasteiger partial charge in [0, 0.05) is 0 Å². The van der Waals surface area contributed by atoms with E-state index in [9.17, 15) is 0 Å². The number of halogens is 2. The molecule has 0 aromatic carbocycles. The standard InChI is InChI=1S/C12H14Br2SSe/c1-2-3-4-5-6-8-11(13)10-9(16-8)7-15-12(10)14/h7H,2-6H2,1H3. The van der Waals surface area contributed by atoms with Crippen molar-refractivity contribution >= 4 is 67.3 Å². The molecule has 0 N–H and O–H groups in total. The predicted molar refractivity (Wildman–Crippen MR) is 82.0 cm³/mol. The summed E-state index contributed by atoms with van der Waals surface area (Å²) < 4.78 is 5.88. The topological polar surface area (TPSA) is 0 Å².